The number of halogens is 10. The molecule has 2 saturated carbocycles. The van der Waals surface area contributed by atoms with Crippen molar-refractivity contribution in [2.75, 3.05) is 0 Å². The lowest BCUT2D eigenvalue weighted by molar-refractivity contribution is -0.113. The predicted octanol–water partition coefficient (Wildman–Crippen LogP) is 6.07. The van der Waals surface area contributed by atoms with Crippen LogP contribution in [0.3, 0.4) is 0 Å². The molecule has 0 aromatic heterocycles. The number of hydrogen-bond donors (Lipinski definition) is 0. The van der Waals surface area contributed by atoms with Crippen LogP contribution in [0, 0.1) is 23.7 Å². The van der Waals surface area contributed by atoms with E-state index in [4.69, 9.17) is 0 Å². The second kappa shape index (κ2) is 5.70. The number of rotatable bonds is 2. The van der Waals surface area contributed by atoms with E-state index >= 15 is 0 Å². The summed E-state index contributed by atoms with van der Waals surface area (Å²) in [6.07, 6.45) is -12.0. The Bertz CT molecular complexity index is 490. The van der Waals surface area contributed by atoms with Crippen molar-refractivity contribution in [3.8, 4) is 0 Å². The monoisotopic (exact) mass is 356 g/mol. The Kier molecular flexibility index (Phi) is 4.49. The van der Waals surface area contributed by atoms with Gasteiger partial charge in [-0.05, 0) is 31.1 Å². The van der Waals surface area contributed by atoms with Crippen molar-refractivity contribution < 1.29 is 43.9 Å². The Morgan fingerprint density at radius 1 is 0.565 bits per heavy atom. The molecule has 0 spiro atoms. The summed E-state index contributed by atoms with van der Waals surface area (Å²) in [4.78, 5) is 0. The van der Waals surface area contributed by atoms with Crippen LogP contribution in [-0.4, -0.2) is 12.4 Å². The number of allylic oxidation sites excluding steroid dienone is 4. The molecule has 2 aliphatic rings. The summed E-state index contributed by atoms with van der Waals surface area (Å²) in [5.74, 6) is -14.7. The van der Waals surface area contributed by atoms with Crippen molar-refractivity contribution in [3.63, 3.8) is 0 Å². The highest BCUT2D eigenvalue weighted by molar-refractivity contribution is 5.19. The van der Waals surface area contributed by atoms with Gasteiger partial charge in [0.15, 0.2) is 0 Å². The van der Waals surface area contributed by atoms with Crippen LogP contribution in [0.15, 0.2) is 23.3 Å². The molecule has 0 aromatic carbocycles. The molecule has 0 radical (unpaired) electrons. The van der Waals surface area contributed by atoms with E-state index in [0.29, 0.717) is 0 Å². The van der Waals surface area contributed by atoms with Crippen molar-refractivity contribution >= 4 is 0 Å². The molecule has 10 heteroatoms. The van der Waals surface area contributed by atoms with E-state index in [9.17, 15) is 43.9 Å². The number of hydrogen-bond acceptors (Lipinski definition) is 0. The van der Waals surface area contributed by atoms with E-state index in [-0.39, 0.29) is 6.42 Å². The molecule has 2 bridgehead atoms. The van der Waals surface area contributed by atoms with Gasteiger partial charge in [-0.2, -0.15) is 35.1 Å². The smallest absolute Gasteiger partial charge is 0.208 e. The summed E-state index contributed by atoms with van der Waals surface area (Å²) in [5, 5.41) is 0. The van der Waals surface area contributed by atoms with E-state index in [0.717, 1.165) is 0 Å². The summed E-state index contributed by atoms with van der Waals surface area (Å²) in [6.45, 7) is 0. The molecule has 132 valence electrons. The van der Waals surface area contributed by atoms with Crippen LogP contribution in [0.5, 0.6) is 0 Å². The molecule has 23 heavy (non-hydrogen) atoms. The highest BCUT2D eigenvalue weighted by atomic mass is 19.4. The molecular weight excluding hydrogens is 346 g/mol. The van der Waals surface area contributed by atoms with Gasteiger partial charge in [-0.25, -0.2) is 8.78 Å². The van der Waals surface area contributed by atoms with Crippen LogP contribution in [0.1, 0.15) is 19.3 Å². The molecule has 0 N–H and O–H groups in total. The Hall–Kier alpha value is -1.22. The van der Waals surface area contributed by atoms with Gasteiger partial charge in [0, 0.05) is 11.8 Å². The first-order valence-corrected chi connectivity index (χ1v) is 6.58. The van der Waals surface area contributed by atoms with Crippen LogP contribution >= 0.6 is 0 Å². The summed E-state index contributed by atoms with van der Waals surface area (Å²) in [6, 6.07) is 0. The van der Waals surface area contributed by atoms with E-state index in [2.05, 4.69) is 0 Å². The SMILES string of the molecule is F/C(=C(\F)C(F)(F)F)[C@@H]1C[C@@H]2C[C@H]1C[C@H]2/C(F)=C(/F)C(F)(F)F. The van der Waals surface area contributed by atoms with Gasteiger partial charge < -0.3 is 0 Å². The molecule has 0 nitrogen and oxygen atoms in total. The topological polar surface area (TPSA) is 0 Å². The third-order valence-electron chi connectivity index (χ3n) is 4.43. The van der Waals surface area contributed by atoms with Crippen LogP contribution in [0.2, 0.25) is 0 Å². The minimum absolute atomic E-state index is 0.0769. The largest absolute Gasteiger partial charge is 0.445 e. The van der Waals surface area contributed by atoms with Crippen LogP contribution < -0.4 is 0 Å². The average molecular weight is 356 g/mol. The minimum Gasteiger partial charge on any atom is -0.208 e. The summed E-state index contributed by atoms with van der Waals surface area (Å²) in [5.41, 5.74) is 0. The van der Waals surface area contributed by atoms with Gasteiger partial charge in [0.05, 0.1) is 0 Å². The first-order valence-electron chi connectivity index (χ1n) is 6.58. The lowest BCUT2D eigenvalue weighted by atomic mass is 9.80. The molecular formula is C13H10F10. The third-order valence-corrected chi connectivity index (χ3v) is 4.43. The maximum absolute atomic E-state index is 13.6. The van der Waals surface area contributed by atoms with Crippen LogP contribution in [0.25, 0.3) is 0 Å². The second-order valence-electron chi connectivity index (χ2n) is 5.76. The molecule has 2 rings (SSSR count). The fourth-order valence-corrected chi connectivity index (χ4v) is 3.49. The molecule has 2 aliphatic carbocycles. The van der Waals surface area contributed by atoms with E-state index in [1.165, 1.54) is 0 Å². The fourth-order valence-electron chi connectivity index (χ4n) is 3.49. The quantitative estimate of drug-likeness (QED) is 0.527. The summed E-state index contributed by atoms with van der Waals surface area (Å²) < 4.78 is 126. The lowest BCUT2D eigenvalue weighted by Crippen LogP contribution is -2.23. The zero-order chi connectivity index (χ0) is 17.7. The third kappa shape index (κ3) is 3.35. The van der Waals surface area contributed by atoms with Gasteiger partial charge in [-0.3, -0.25) is 0 Å². The molecule has 0 saturated heterocycles. The van der Waals surface area contributed by atoms with Gasteiger partial charge in [-0.15, -0.1) is 0 Å². The summed E-state index contributed by atoms with van der Waals surface area (Å²) >= 11 is 0. The summed E-state index contributed by atoms with van der Waals surface area (Å²) in [7, 11) is 0. The number of fused-ring (bicyclic) bond motifs is 2. The Labute approximate surface area is 123 Å². The van der Waals surface area contributed by atoms with Crippen molar-refractivity contribution in [3.05, 3.63) is 23.3 Å². The standard InChI is InChI=1S/C13H10F10/c14-8(10(16)12(18,19)20)6-2-4-1-5(6)3-7(4)9(15)11(17)13(21,22)23/h4-7H,1-3H2/b10-8-,11-9-/t4-,5-,6+,7+/m0/s1. The normalized spacial score (nSPS) is 33.7. The van der Waals surface area contributed by atoms with Crippen molar-refractivity contribution in [2.45, 2.75) is 31.6 Å². The molecule has 0 aromatic rings. The maximum atomic E-state index is 13.6. The molecule has 2 fully saturated rings. The van der Waals surface area contributed by atoms with Crippen LogP contribution in [0.4, 0.5) is 43.9 Å². The first kappa shape index (κ1) is 18.1. The Morgan fingerprint density at radius 3 is 1.09 bits per heavy atom. The van der Waals surface area contributed by atoms with E-state index in [1.807, 2.05) is 0 Å². The van der Waals surface area contributed by atoms with Crippen molar-refractivity contribution in [2.24, 2.45) is 23.7 Å². The van der Waals surface area contributed by atoms with E-state index in [1.54, 1.807) is 0 Å². The van der Waals surface area contributed by atoms with Crippen molar-refractivity contribution in [1.29, 1.82) is 0 Å². The highest BCUT2D eigenvalue weighted by Gasteiger charge is 2.53. The van der Waals surface area contributed by atoms with E-state index < -0.39 is 72.2 Å². The molecule has 0 heterocycles. The molecule has 0 aliphatic heterocycles. The van der Waals surface area contributed by atoms with Gasteiger partial charge in [0.1, 0.15) is 11.7 Å². The zero-order valence-electron chi connectivity index (χ0n) is 11.2. The first-order chi connectivity index (χ1) is 10.3. The Balaban J connectivity index is 2.18. The maximum Gasteiger partial charge on any atom is 0.445 e. The highest BCUT2D eigenvalue weighted by Crippen LogP contribution is 2.58. The lowest BCUT2D eigenvalue weighted by Gasteiger charge is -2.26. The van der Waals surface area contributed by atoms with Gasteiger partial charge in [-0.1, -0.05) is 0 Å². The average Bonchev–Trinajstić information content (AvgIpc) is 3.01. The molecule has 0 amide bonds. The van der Waals surface area contributed by atoms with Gasteiger partial charge in [0.2, 0.25) is 11.7 Å². The Morgan fingerprint density at radius 2 is 0.870 bits per heavy atom. The zero-order valence-corrected chi connectivity index (χ0v) is 11.2. The fraction of sp³-hybridized carbons (Fsp3) is 0.692. The van der Waals surface area contributed by atoms with Crippen LogP contribution in [-0.2, 0) is 0 Å². The number of alkyl halides is 6. The minimum atomic E-state index is -5.50. The molecule has 0 unspecified atom stereocenters. The predicted molar refractivity (Wildman–Crippen MR) is 58.4 cm³/mol. The van der Waals surface area contributed by atoms with Gasteiger partial charge >= 0.3 is 12.4 Å². The molecule has 4 atom stereocenters. The van der Waals surface area contributed by atoms with Crippen molar-refractivity contribution in [1.82, 2.24) is 0 Å². The van der Waals surface area contributed by atoms with Gasteiger partial charge in [0.25, 0.3) is 0 Å². The second-order valence-corrected chi connectivity index (χ2v) is 5.76.